The van der Waals surface area contributed by atoms with Crippen molar-refractivity contribution in [2.24, 2.45) is 11.7 Å². The monoisotopic (exact) mass is 275 g/mol. The summed E-state index contributed by atoms with van der Waals surface area (Å²) in [4.78, 5) is 10.0. The Hall–Kier alpha value is -0.610. The lowest BCUT2D eigenvalue weighted by molar-refractivity contribution is -0.139. The quantitative estimate of drug-likeness (QED) is 0.599. The molecular weight excluding hydrogens is 242 g/mol. The summed E-state index contributed by atoms with van der Waals surface area (Å²) in [5.41, 5.74) is 5.16. The highest BCUT2D eigenvalue weighted by Gasteiger charge is 2.14. The fourth-order valence-corrected chi connectivity index (χ4v) is 1.30. The first kappa shape index (κ1) is 20.7. The minimum absolute atomic E-state index is 0.0208. The summed E-state index contributed by atoms with van der Waals surface area (Å²) in [7, 11) is 0. The molecular formula is C15H33NO3. The highest BCUT2D eigenvalue weighted by molar-refractivity contribution is 5.73. The van der Waals surface area contributed by atoms with Crippen molar-refractivity contribution in [3.8, 4) is 0 Å². The van der Waals surface area contributed by atoms with Crippen LogP contribution in [-0.4, -0.2) is 30.3 Å². The van der Waals surface area contributed by atoms with Crippen LogP contribution < -0.4 is 5.73 Å². The molecule has 0 aliphatic carbocycles. The van der Waals surface area contributed by atoms with E-state index in [2.05, 4.69) is 13.8 Å². The molecule has 19 heavy (non-hydrogen) atoms. The van der Waals surface area contributed by atoms with Crippen LogP contribution in [0.15, 0.2) is 0 Å². The predicted molar refractivity (Wildman–Crippen MR) is 80.3 cm³/mol. The van der Waals surface area contributed by atoms with E-state index in [1.807, 2.05) is 0 Å². The van der Waals surface area contributed by atoms with Crippen LogP contribution >= 0.6 is 0 Å². The van der Waals surface area contributed by atoms with Gasteiger partial charge in [-0.05, 0) is 18.8 Å². The summed E-state index contributed by atoms with van der Waals surface area (Å²) in [5, 5.41) is 8.23. The molecule has 0 aliphatic heterocycles. The van der Waals surface area contributed by atoms with E-state index >= 15 is 0 Å². The van der Waals surface area contributed by atoms with E-state index in [4.69, 9.17) is 15.6 Å². The third kappa shape index (κ3) is 17.4. The largest absolute Gasteiger partial charge is 0.480 e. The first-order valence-electron chi connectivity index (χ1n) is 7.53. The molecule has 0 heterocycles. The van der Waals surface area contributed by atoms with E-state index in [-0.39, 0.29) is 5.92 Å². The molecule has 0 bridgehead atoms. The summed E-state index contributed by atoms with van der Waals surface area (Å²) in [5.74, 6) is -0.910. The molecule has 0 aromatic carbocycles. The van der Waals surface area contributed by atoms with Crippen LogP contribution in [0.2, 0.25) is 0 Å². The van der Waals surface area contributed by atoms with Crippen LogP contribution in [0.5, 0.6) is 0 Å². The Morgan fingerprint density at radius 1 is 1.05 bits per heavy atom. The molecule has 0 saturated heterocycles. The van der Waals surface area contributed by atoms with E-state index in [9.17, 15) is 4.79 Å². The third-order valence-electron chi connectivity index (χ3n) is 2.79. The highest BCUT2D eigenvalue weighted by Crippen LogP contribution is 1.97. The molecule has 0 rings (SSSR count). The molecule has 0 radical (unpaired) electrons. The lowest BCUT2D eigenvalue weighted by atomic mass is 10.1. The van der Waals surface area contributed by atoms with Crippen LogP contribution in [0.1, 0.15) is 66.2 Å². The van der Waals surface area contributed by atoms with Crippen LogP contribution in [0.25, 0.3) is 0 Å². The van der Waals surface area contributed by atoms with Crippen molar-refractivity contribution < 1.29 is 14.6 Å². The predicted octanol–water partition coefficient (Wildman–Crippen LogP) is 3.44. The van der Waals surface area contributed by atoms with Gasteiger partial charge in [0.15, 0.2) is 0 Å². The maximum absolute atomic E-state index is 10.0. The minimum atomic E-state index is -0.931. The van der Waals surface area contributed by atoms with Gasteiger partial charge in [-0.15, -0.1) is 0 Å². The summed E-state index contributed by atoms with van der Waals surface area (Å²) in [6, 6.07) is -0.713. The van der Waals surface area contributed by atoms with Gasteiger partial charge in [-0.25, -0.2) is 0 Å². The molecule has 1 atom stereocenters. The van der Waals surface area contributed by atoms with Crippen LogP contribution in [0.4, 0.5) is 0 Å². The van der Waals surface area contributed by atoms with Crippen LogP contribution in [0, 0.1) is 5.92 Å². The molecule has 0 spiro atoms. The van der Waals surface area contributed by atoms with Gasteiger partial charge >= 0.3 is 5.97 Å². The van der Waals surface area contributed by atoms with Crippen molar-refractivity contribution in [3.63, 3.8) is 0 Å². The SMILES string of the molecule is CC(C)[C@H](N)C(=O)O.CCCCCOCCCCC. The number of rotatable bonds is 10. The zero-order valence-electron chi connectivity index (χ0n) is 13.2. The Labute approximate surface area is 118 Å². The van der Waals surface area contributed by atoms with Crippen molar-refractivity contribution in [2.45, 2.75) is 72.3 Å². The lowest BCUT2D eigenvalue weighted by Gasteiger charge is -2.07. The normalized spacial score (nSPS) is 11.9. The lowest BCUT2D eigenvalue weighted by Crippen LogP contribution is -2.34. The maximum Gasteiger partial charge on any atom is 0.320 e. The van der Waals surface area contributed by atoms with Crippen LogP contribution in [-0.2, 0) is 9.53 Å². The zero-order chi connectivity index (χ0) is 15.1. The van der Waals surface area contributed by atoms with Gasteiger partial charge in [0.2, 0.25) is 0 Å². The molecule has 3 N–H and O–H groups in total. The van der Waals surface area contributed by atoms with Crippen molar-refractivity contribution in [3.05, 3.63) is 0 Å². The third-order valence-corrected chi connectivity index (χ3v) is 2.79. The van der Waals surface area contributed by atoms with E-state index < -0.39 is 12.0 Å². The number of hydrogen-bond acceptors (Lipinski definition) is 3. The molecule has 0 fully saturated rings. The molecule has 4 heteroatoms. The fraction of sp³-hybridized carbons (Fsp3) is 0.933. The van der Waals surface area contributed by atoms with Gasteiger partial charge in [0.25, 0.3) is 0 Å². The highest BCUT2D eigenvalue weighted by atomic mass is 16.5. The Kier molecular flexibility index (Phi) is 16.8. The molecule has 116 valence electrons. The number of carboxylic acid groups (broad SMARTS) is 1. The Bertz CT molecular complexity index is 188. The van der Waals surface area contributed by atoms with Gasteiger partial charge in [-0.1, -0.05) is 53.4 Å². The smallest absolute Gasteiger partial charge is 0.320 e. The number of nitrogens with two attached hydrogens (primary N) is 1. The topological polar surface area (TPSA) is 72.6 Å². The zero-order valence-corrected chi connectivity index (χ0v) is 13.2. The summed E-state index contributed by atoms with van der Waals surface area (Å²) in [6.45, 7) is 9.93. The number of unbranched alkanes of at least 4 members (excludes halogenated alkanes) is 4. The Morgan fingerprint density at radius 2 is 1.47 bits per heavy atom. The minimum Gasteiger partial charge on any atom is -0.480 e. The summed E-state index contributed by atoms with van der Waals surface area (Å²) >= 11 is 0. The van der Waals surface area contributed by atoms with E-state index in [1.54, 1.807) is 13.8 Å². The summed E-state index contributed by atoms with van der Waals surface area (Å²) in [6.07, 6.45) is 7.68. The first-order chi connectivity index (χ1) is 8.97. The van der Waals surface area contributed by atoms with Gasteiger partial charge in [-0.2, -0.15) is 0 Å². The Balaban J connectivity index is 0. The standard InChI is InChI=1S/C10H22O.C5H11NO2/c1-3-5-7-9-11-10-8-6-4-2;1-3(2)4(6)5(7)8/h3-10H2,1-2H3;3-4H,6H2,1-2H3,(H,7,8)/t;4-/m.0/s1. The van der Waals surface area contributed by atoms with Gasteiger partial charge in [0.05, 0.1) is 0 Å². The maximum atomic E-state index is 10.0. The van der Waals surface area contributed by atoms with Gasteiger partial charge in [-0.3, -0.25) is 4.79 Å². The molecule has 0 saturated carbocycles. The average molecular weight is 275 g/mol. The number of ether oxygens (including phenoxy) is 1. The van der Waals surface area contributed by atoms with E-state index in [1.165, 1.54) is 38.5 Å². The van der Waals surface area contributed by atoms with Gasteiger partial charge in [0, 0.05) is 13.2 Å². The molecule has 0 aromatic heterocycles. The number of carboxylic acids is 1. The van der Waals surface area contributed by atoms with Gasteiger partial charge in [0.1, 0.15) is 6.04 Å². The molecule has 0 amide bonds. The van der Waals surface area contributed by atoms with E-state index in [0.717, 1.165) is 13.2 Å². The number of carbonyl (C=O) groups is 1. The van der Waals surface area contributed by atoms with Crippen molar-refractivity contribution >= 4 is 5.97 Å². The van der Waals surface area contributed by atoms with E-state index in [0.29, 0.717) is 0 Å². The summed E-state index contributed by atoms with van der Waals surface area (Å²) < 4.78 is 5.44. The molecule has 4 nitrogen and oxygen atoms in total. The molecule has 0 unspecified atom stereocenters. The fourth-order valence-electron chi connectivity index (χ4n) is 1.30. The first-order valence-corrected chi connectivity index (χ1v) is 7.53. The number of hydrogen-bond donors (Lipinski definition) is 2. The van der Waals surface area contributed by atoms with Crippen molar-refractivity contribution in [1.29, 1.82) is 0 Å². The number of aliphatic carboxylic acids is 1. The van der Waals surface area contributed by atoms with Crippen molar-refractivity contribution in [2.75, 3.05) is 13.2 Å². The van der Waals surface area contributed by atoms with Crippen LogP contribution in [0.3, 0.4) is 0 Å². The van der Waals surface area contributed by atoms with Crippen molar-refractivity contribution in [1.82, 2.24) is 0 Å². The Morgan fingerprint density at radius 3 is 1.68 bits per heavy atom. The second kappa shape index (κ2) is 15.4. The van der Waals surface area contributed by atoms with Gasteiger partial charge < -0.3 is 15.6 Å². The second-order valence-corrected chi connectivity index (χ2v) is 5.13. The molecule has 0 aromatic rings. The molecule has 0 aliphatic rings. The second-order valence-electron chi connectivity index (χ2n) is 5.13. The average Bonchev–Trinajstić information content (AvgIpc) is 2.37.